The Kier molecular flexibility index (Phi) is 4.07. The summed E-state index contributed by atoms with van der Waals surface area (Å²) in [6.07, 6.45) is 0. The number of nitrogens with one attached hydrogen (secondary N) is 1. The van der Waals surface area contributed by atoms with Crippen LogP contribution in [-0.4, -0.2) is 3.96 Å². The summed E-state index contributed by atoms with van der Waals surface area (Å²) in [6, 6.07) is 10.6. The number of hydrogen-bond acceptors (Lipinski definition) is 3. The van der Waals surface area contributed by atoms with Crippen LogP contribution in [0.3, 0.4) is 0 Å². The molecular formula is C21H21ClN2S2. The van der Waals surface area contributed by atoms with Gasteiger partial charge in [-0.05, 0) is 75.6 Å². The SMILES string of the molecule is Cc1cc2c(cc1C)-c1c(sn(-c3ccc(C)c(Cl)c3)c1=S)C(C)(C)N2. The summed E-state index contributed by atoms with van der Waals surface area (Å²) in [4.78, 5) is 1.26. The summed E-state index contributed by atoms with van der Waals surface area (Å²) in [5, 5.41) is 4.46. The second-order valence-electron chi connectivity index (χ2n) is 7.56. The van der Waals surface area contributed by atoms with Crippen LogP contribution < -0.4 is 5.32 Å². The van der Waals surface area contributed by atoms with Crippen molar-refractivity contribution in [2.24, 2.45) is 0 Å². The summed E-state index contributed by atoms with van der Waals surface area (Å²) >= 11 is 14.0. The lowest BCUT2D eigenvalue weighted by Crippen LogP contribution is -2.30. The van der Waals surface area contributed by atoms with Crippen LogP contribution in [-0.2, 0) is 5.54 Å². The molecule has 0 aliphatic carbocycles. The molecule has 0 saturated carbocycles. The van der Waals surface area contributed by atoms with Gasteiger partial charge in [0.15, 0.2) is 0 Å². The highest BCUT2D eigenvalue weighted by Crippen LogP contribution is 2.48. The Morgan fingerprint density at radius 2 is 1.73 bits per heavy atom. The lowest BCUT2D eigenvalue weighted by Gasteiger charge is -2.33. The fraction of sp³-hybridized carbons (Fsp3) is 0.286. The van der Waals surface area contributed by atoms with E-state index in [2.05, 4.69) is 55.2 Å². The summed E-state index contributed by atoms with van der Waals surface area (Å²) in [5.41, 5.74) is 8.00. The molecule has 0 fully saturated rings. The van der Waals surface area contributed by atoms with E-state index in [1.54, 1.807) is 11.5 Å². The highest BCUT2D eigenvalue weighted by molar-refractivity contribution is 7.71. The molecule has 2 nitrogen and oxygen atoms in total. The van der Waals surface area contributed by atoms with Gasteiger partial charge in [0.2, 0.25) is 0 Å². The number of benzene rings is 2. The van der Waals surface area contributed by atoms with Gasteiger partial charge in [-0.15, -0.1) is 0 Å². The zero-order valence-electron chi connectivity index (χ0n) is 15.5. The molecule has 2 heterocycles. The van der Waals surface area contributed by atoms with Crippen LogP contribution in [0.25, 0.3) is 16.8 Å². The van der Waals surface area contributed by atoms with Crippen molar-refractivity contribution in [3.8, 4) is 16.8 Å². The number of rotatable bonds is 1. The van der Waals surface area contributed by atoms with Crippen LogP contribution in [0.15, 0.2) is 30.3 Å². The van der Waals surface area contributed by atoms with Gasteiger partial charge < -0.3 is 5.32 Å². The minimum absolute atomic E-state index is 0.179. The van der Waals surface area contributed by atoms with Gasteiger partial charge >= 0.3 is 0 Å². The number of nitrogens with zero attached hydrogens (tertiary/aromatic N) is 1. The van der Waals surface area contributed by atoms with Gasteiger partial charge in [0, 0.05) is 21.8 Å². The van der Waals surface area contributed by atoms with E-state index in [0.29, 0.717) is 0 Å². The molecule has 3 aromatic rings. The average Bonchev–Trinajstić information content (AvgIpc) is 2.91. The first-order valence-electron chi connectivity index (χ1n) is 8.62. The van der Waals surface area contributed by atoms with Crippen molar-refractivity contribution in [3.05, 3.63) is 61.6 Å². The third-order valence-electron chi connectivity index (χ3n) is 5.12. The molecule has 0 saturated heterocycles. The standard InChI is InChI=1S/C21H21ClN2S2/c1-11-6-7-14(10-16(11)22)24-20(25)18-15-8-12(2)13(3)9-17(15)23-21(4,5)19(18)26-24/h6-10,23H,1-5H3. The van der Waals surface area contributed by atoms with Crippen molar-refractivity contribution in [2.45, 2.75) is 40.2 Å². The van der Waals surface area contributed by atoms with Gasteiger partial charge in [-0.1, -0.05) is 41.4 Å². The summed E-state index contributed by atoms with van der Waals surface area (Å²) in [7, 11) is 0. The maximum absolute atomic E-state index is 6.36. The monoisotopic (exact) mass is 400 g/mol. The normalized spacial score (nSPS) is 14.5. The maximum atomic E-state index is 6.36. The van der Waals surface area contributed by atoms with E-state index in [-0.39, 0.29) is 5.54 Å². The predicted molar refractivity (Wildman–Crippen MR) is 116 cm³/mol. The van der Waals surface area contributed by atoms with E-state index >= 15 is 0 Å². The van der Waals surface area contributed by atoms with Crippen LogP contribution in [0.1, 0.15) is 35.4 Å². The molecule has 5 heteroatoms. The number of fused-ring (bicyclic) bond motifs is 3. The fourth-order valence-electron chi connectivity index (χ4n) is 3.44. The minimum Gasteiger partial charge on any atom is -0.375 e. The maximum Gasteiger partial charge on any atom is 0.129 e. The van der Waals surface area contributed by atoms with Crippen molar-refractivity contribution in [1.82, 2.24) is 3.96 Å². The molecule has 0 radical (unpaired) electrons. The lowest BCUT2D eigenvalue weighted by atomic mass is 9.88. The summed E-state index contributed by atoms with van der Waals surface area (Å²) in [5.74, 6) is 0. The van der Waals surface area contributed by atoms with Crippen molar-refractivity contribution in [2.75, 3.05) is 5.32 Å². The van der Waals surface area contributed by atoms with Crippen LogP contribution in [0, 0.1) is 25.4 Å². The second kappa shape index (κ2) is 5.95. The third-order valence-corrected chi connectivity index (χ3v) is 7.50. The quantitative estimate of drug-likeness (QED) is 0.436. The molecule has 134 valence electrons. The van der Waals surface area contributed by atoms with Crippen LogP contribution in [0.2, 0.25) is 5.02 Å². The largest absolute Gasteiger partial charge is 0.375 e. The smallest absolute Gasteiger partial charge is 0.129 e. The van der Waals surface area contributed by atoms with E-state index in [1.165, 1.54) is 27.1 Å². The number of aryl methyl sites for hydroxylation is 3. The Labute approximate surface area is 168 Å². The fourth-order valence-corrected chi connectivity index (χ4v) is 5.26. The van der Waals surface area contributed by atoms with Gasteiger partial charge in [-0.25, -0.2) is 0 Å². The van der Waals surface area contributed by atoms with Gasteiger partial charge in [0.1, 0.15) is 4.64 Å². The number of anilines is 1. The molecule has 4 rings (SSSR count). The first kappa shape index (κ1) is 17.8. The highest BCUT2D eigenvalue weighted by atomic mass is 35.5. The average molecular weight is 401 g/mol. The van der Waals surface area contributed by atoms with Crippen molar-refractivity contribution < 1.29 is 0 Å². The molecule has 1 aliphatic heterocycles. The second-order valence-corrected chi connectivity index (χ2v) is 9.31. The van der Waals surface area contributed by atoms with E-state index < -0.39 is 0 Å². The highest BCUT2D eigenvalue weighted by Gasteiger charge is 2.34. The zero-order chi connectivity index (χ0) is 18.8. The molecule has 0 unspecified atom stereocenters. The lowest BCUT2D eigenvalue weighted by molar-refractivity contribution is 0.619. The zero-order valence-corrected chi connectivity index (χ0v) is 17.9. The molecule has 2 aromatic carbocycles. The number of aromatic nitrogens is 1. The Morgan fingerprint density at radius 1 is 1.04 bits per heavy atom. The summed E-state index contributed by atoms with van der Waals surface area (Å²) in [6.45, 7) is 10.7. The topological polar surface area (TPSA) is 17.0 Å². The van der Waals surface area contributed by atoms with Crippen molar-refractivity contribution >= 4 is 41.0 Å². The Morgan fingerprint density at radius 3 is 2.42 bits per heavy atom. The Balaban J connectivity index is 2.02. The van der Waals surface area contributed by atoms with Crippen LogP contribution >= 0.6 is 35.4 Å². The van der Waals surface area contributed by atoms with E-state index in [4.69, 9.17) is 23.8 Å². The van der Waals surface area contributed by atoms with E-state index in [9.17, 15) is 0 Å². The number of hydrogen-bond donors (Lipinski definition) is 1. The molecule has 0 bridgehead atoms. The Hall–Kier alpha value is -1.62. The van der Waals surface area contributed by atoms with E-state index in [0.717, 1.165) is 26.6 Å². The molecule has 0 spiro atoms. The summed E-state index contributed by atoms with van der Waals surface area (Å²) < 4.78 is 2.97. The van der Waals surface area contributed by atoms with Gasteiger partial charge in [0.25, 0.3) is 0 Å². The molecular weight excluding hydrogens is 380 g/mol. The van der Waals surface area contributed by atoms with E-state index in [1.807, 2.05) is 19.1 Å². The van der Waals surface area contributed by atoms with Gasteiger partial charge in [-0.3, -0.25) is 3.96 Å². The number of halogens is 1. The van der Waals surface area contributed by atoms with Gasteiger partial charge in [-0.2, -0.15) is 0 Å². The molecule has 0 atom stereocenters. The predicted octanol–water partition coefficient (Wildman–Crippen LogP) is 7.17. The van der Waals surface area contributed by atoms with Crippen molar-refractivity contribution in [3.63, 3.8) is 0 Å². The minimum atomic E-state index is -0.179. The van der Waals surface area contributed by atoms with Crippen LogP contribution in [0.4, 0.5) is 5.69 Å². The molecule has 1 aliphatic rings. The molecule has 1 aromatic heterocycles. The third kappa shape index (κ3) is 2.63. The molecule has 1 N–H and O–H groups in total. The Bertz CT molecular complexity index is 1110. The van der Waals surface area contributed by atoms with Gasteiger partial charge in [0.05, 0.1) is 16.1 Å². The first-order valence-corrected chi connectivity index (χ1v) is 10.2. The van der Waals surface area contributed by atoms with Crippen LogP contribution in [0.5, 0.6) is 0 Å². The van der Waals surface area contributed by atoms with Crippen molar-refractivity contribution in [1.29, 1.82) is 0 Å². The molecule has 26 heavy (non-hydrogen) atoms. The first-order chi connectivity index (χ1) is 12.2. The molecule has 0 amide bonds.